The molecule has 0 spiro atoms. The highest BCUT2D eigenvalue weighted by atomic mass is 16.1. The van der Waals surface area contributed by atoms with Crippen LogP contribution in [0, 0.1) is 6.92 Å². The first kappa shape index (κ1) is 9.89. The Balaban J connectivity index is 2.79. The first-order chi connectivity index (χ1) is 7.15. The summed E-state index contributed by atoms with van der Waals surface area (Å²) in [6.07, 6.45) is 2.50. The van der Waals surface area contributed by atoms with Crippen LogP contribution >= 0.6 is 0 Å². The van der Waals surface area contributed by atoms with E-state index in [0.717, 1.165) is 12.2 Å². The average Bonchev–Trinajstić information content (AvgIpc) is 2.55. The molecule has 5 heteroatoms. The summed E-state index contributed by atoms with van der Waals surface area (Å²) in [6.45, 7) is 4.60. The first-order valence-corrected chi connectivity index (χ1v) is 5.04. The van der Waals surface area contributed by atoms with Gasteiger partial charge in [0.05, 0.1) is 6.20 Å². The molecule has 2 rings (SSSR count). The molecule has 0 atom stereocenters. The van der Waals surface area contributed by atoms with Gasteiger partial charge in [-0.15, -0.1) is 0 Å². The maximum absolute atomic E-state index is 12.0. The Morgan fingerprint density at radius 2 is 2.20 bits per heavy atom. The van der Waals surface area contributed by atoms with E-state index in [-0.39, 0.29) is 5.56 Å². The highest BCUT2D eigenvalue weighted by molar-refractivity contribution is 5.73. The Labute approximate surface area is 87.4 Å². The van der Waals surface area contributed by atoms with Gasteiger partial charge in [-0.1, -0.05) is 6.92 Å². The number of hydrogen-bond acceptors (Lipinski definition) is 3. The minimum atomic E-state index is 0.00690. The molecule has 0 saturated carbocycles. The highest BCUT2D eigenvalue weighted by Crippen LogP contribution is 2.06. The number of rotatable bonds is 2. The lowest BCUT2D eigenvalue weighted by Gasteiger charge is -2.07. The summed E-state index contributed by atoms with van der Waals surface area (Å²) in [4.78, 5) is 16.4. The van der Waals surface area contributed by atoms with Crippen LogP contribution in [-0.4, -0.2) is 19.3 Å². The third-order valence-electron chi connectivity index (χ3n) is 2.49. The van der Waals surface area contributed by atoms with E-state index in [1.807, 2.05) is 13.8 Å². The van der Waals surface area contributed by atoms with Crippen molar-refractivity contribution in [3.63, 3.8) is 0 Å². The smallest absolute Gasteiger partial charge is 0.264 e. The molecule has 0 bridgehead atoms. The number of fused-ring (bicyclic) bond motifs is 1. The molecule has 0 aromatic carbocycles. The van der Waals surface area contributed by atoms with Crippen LogP contribution < -0.4 is 5.56 Å². The lowest BCUT2D eigenvalue weighted by molar-refractivity contribution is 0.623. The van der Waals surface area contributed by atoms with Gasteiger partial charge in [0.1, 0.15) is 11.2 Å². The molecule has 0 unspecified atom stereocenters. The molecule has 5 nitrogen and oxygen atoms in total. The fraction of sp³-hybridized carbons (Fsp3) is 0.500. The van der Waals surface area contributed by atoms with Gasteiger partial charge in [-0.2, -0.15) is 5.10 Å². The van der Waals surface area contributed by atoms with E-state index in [4.69, 9.17) is 0 Å². The van der Waals surface area contributed by atoms with Crippen LogP contribution in [0.3, 0.4) is 0 Å². The lowest BCUT2D eigenvalue weighted by atomic mass is 10.4. The van der Waals surface area contributed by atoms with Gasteiger partial charge in [0.25, 0.3) is 5.56 Å². The van der Waals surface area contributed by atoms with Crippen LogP contribution in [0.4, 0.5) is 0 Å². The van der Waals surface area contributed by atoms with Crippen molar-refractivity contribution in [1.29, 1.82) is 0 Å². The topological polar surface area (TPSA) is 52.7 Å². The molecule has 0 fully saturated rings. The van der Waals surface area contributed by atoms with Crippen molar-refractivity contribution in [2.75, 3.05) is 0 Å². The van der Waals surface area contributed by atoms with Crippen molar-refractivity contribution >= 4 is 11.0 Å². The maximum atomic E-state index is 12.0. The second-order valence-corrected chi connectivity index (χ2v) is 3.62. The van der Waals surface area contributed by atoms with Crippen molar-refractivity contribution in [2.24, 2.45) is 7.05 Å². The number of aromatic nitrogens is 4. The Morgan fingerprint density at radius 1 is 1.47 bits per heavy atom. The Bertz CT molecular complexity index is 552. The summed E-state index contributed by atoms with van der Waals surface area (Å²) in [5.41, 5.74) is 0.664. The minimum Gasteiger partial charge on any atom is -0.296 e. The van der Waals surface area contributed by atoms with Gasteiger partial charge in [0.15, 0.2) is 5.65 Å². The predicted octanol–water partition coefficient (Wildman–Crippen LogP) is 0.848. The number of hydrogen-bond donors (Lipinski definition) is 0. The summed E-state index contributed by atoms with van der Waals surface area (Å²) in [5, 5.41) is 4.63. The summed E-state index contributed by atoms with van der Waals surface area (Å²) in [5.74, 6) is 0.748. The minimum absolute atomic E-state index is 0.00690. The molecular weight excluding hydrogens is 192 g/mol. The third-order valence-corrected chi connectivity index (χ3v) is 2.49. The number of aryl methyl sites for hydroxylation is 2. The molecule has 2 aromatic rings. The van der Waals surface area contributed by atoms with E-state index < -0.39 is 0 Å². The van der Waals surface area contributed by atoms with Crippen molar-refractivity contribution in [3.05, 3.63) is 22.4 Å². The van der Waals surface area contributed by atoms with Crippen LogP contribution in [0.5, 0.6) is 0 Å². The summed E-state index contributed by atoms with van der Waals surface area (Å²) in [7, 11) is 1.79. The zero-order valence-corrected chi connectivity index (χ0v) is 9.19. The third kappa shape index (κ3) is 1.44. The molecule has 0 amide bonds. The van der Waals surface area contributed by atoms with E-state index in [1.54, 1.807) is 22.5 Å². The summed E-state index contributed by atoms with van der Waals surface area (Å²) in [6, 6.07) is 0. The largest absolute Gasteiger partial charge is 0.296 e. The van der Waals surface area contributed by atoms with Crippen LogP contribution in [0.25, 0.3) is 11.0 Å². The van der Waals surface area contributed by atoms with Gasteiger partial charge in [-0.3, -0.25) is 14.0 Å². The normalized spacial score (nSPS) is 11.1. The van der Waals surface area contributed by atoms with Gasteiger partial charge in [-0.05, 0) is 13.3 Å². The van der Waals surface area contributed by atoms with Crippen LogP contribution in [0.2, 0.25) is 0 Å². The standard InChI is InChI=1S/C10H14N4O/c1-4-5-14-7(2)12-9-8(10(14)15)6-11-13(9)3/h6H,4-5H2,1-3H3. The molecule has 0 N–H and O–H groups in total. The van der Waals surface area contributed by atoms with Gasteiger partial charge >= 0.3 is 0 Å². The van der Waals surface area contributed by atoms with Crippen molar-refractivity contribution in [3.8, 4) is 0 Å². The lowest BCUT2D eigenvalue weighted by Crippen LogP contribution is -2.23. The quantitative estimate of drug-likeness (QED) is 0.732. The molecule has 2 aromatic heterocycles. The van der Waals surface area contributed by atoms with E-state index >= 15 is 0 Å². The van der Waals surface area contributed by atoms with Gasteiger partial charge in [0.2, 0.25) is 0 Å². The molecule has 0 aliphatic carbocycles. The van der Waals surface area contributed by atoms with Crippen LogP contribution in [0.15, 0.2) is 11.0 Å². The van der Waals surface area contributed by atoms with Gasteiger partial charge in [-0.25, -0.2) is 4.98 Å². The zero-order chi connectivity index (χ0) is 11.0. The van der Waals surface area contributed by atoms with E-state index in [1.165, 1.54) is 0 Å². The molecule has 0 aliphatic rings. The van der Waals surface area contributed by atoms with E-state index in [0.29, 0.717) is 17.6 Å². The van der Waals surface area contributed by atoms with Gasteiger partial charge < -0.3 is 0 Å². The second kappa shape index (κ2) is 3.49. The summed E-state index contributed by atoms with van der Waals surface area (Å²) < 4.78 is 3.32. The number of nitrogens with zero attached hydrogens (tertiary/aromatic N) is 4. The fourth-order valence-electron chi connectivity index (χ4n) is 1.71. The van der Waals surface area contributed by atoms with Crippen molar-refractivity contribution in [1.82, 2.24) is 19.3 Å². The second-order valence-electron chi connectivity index (χ2n) is 3.62. The molecule has 0 aliphatic heterocycles. The average molecular weight is 206 g/mol. The van der Waals surface area contributed by atoms with E-state index in [9.17, 15) is 4.79 Å². The SMILES string of the molecule is CCCn1c(C)nc2c(cnn2C)c1=O. The first-order valence-electron chi connectivity index (χ1n) is 5.04. The molecular formula is C10H14N4O. The maximum Gasteiger partial charge on any atom is 0.264 e. The Morgan fingerprint density at radius 3 is 2.87 bits per heavy atom. The molecule has 2 heterocycles. The molecule has 0 saturated heterocycles. The Hall–Kier alpha value is -1.65. The highest BCUT2D eigenvalue weighted by Gasteiger charge is 2.10. The molecule has 80 valence electrons. The predicted molar refractivity (Wildman–Crippen MR) is 57.8 cm³/mol. The van der Waals surface area contributed by atoms with Crippen molar-refractivity contribution in [2.45, 2.75) is 26.8 Å². The molecule has 15 heavy (non-hydrogen) atoms. The van der Waals surface area contributed by atoms with Gasteiger partial charge in [0, 0.05) is 13.6 Å². The fourth-order valence-corrected chi connectivity index (χ4v) is 1.71. The molecule has 0 radical (unpaired) electrons. The van der Waals surface area contributed by atoms with Crippen molar-refractivity contribution < 1.29 is 0 Å². The summed E-state index contributed by atoms with van der Waals surface area (Å²) >= 11 is 0. The van der Waals surface area contributed by atoms with E-state index in [2.05, 4.69) is 10.1 Å². The van der Waals surface area contributed by atoms with Crippen LogP contribution in [0.1, 0.15) is 19.2 Å². The monoisotopic (exact) mass is 206 g/mol. The van der Waals surface area contributed by atoms with Crippen LogP contribution in [-0.2, 0) is 13.6 Å². The Kier molecular flexibility index (Phi) is 2.30. The zero-order valence-electron chi connectivity index (χ0n) is 9.19.